The van der Waals surface area contributed by atoms with E-state index in [1.54, 1.807) is 0 Å². The molecular weight excluding hydrogens is 214 g/mol. The zero-order chi connectivity index (χ0) is 10.9. The molecule has 0 aromatic carbocycles. The highest BCUT2D eigenvalue weighted by Gasteiger charge is 2.45. The van der Waals surface area contributed by atoms with Crippen LogP contribution in [0.2, 0.25) is 0 Å². The van der Waals surface area contributed by atoms with Gasteiger partial charge in [0.1, 0.15) is 0 Å². The molecule has 86 valence electrons. The molecular formula is C10H17NO3S. The molecule has 2 rings (SSSR count). The Morgan fingerprint density at radius 1 is 1.33 bits per heavy atom. The minimum absolute atomic E-state index is 0.0463. The third-order valence-electron chi connectivity index (χ3n) is 3.31. The van der Waals surface area contributed by atoms with Gasteiger partial charge in [-0.05, 0) is 18.3 Å². The van der Waals surface area contributed by atoms with E-state index in [1.807, 2.05) is 0 Å². The van der Waals surface area contributed by atoms with Gasteiger partial charge < -0.3 is 10.0 Å². The van der Waals surface area contributed by atoms with E-state index in [9.17, 15) is 9.00 Å². The van der Waals surface area contributed by atoms with Gasteiger partial charge in [-0.15, -0.1) is 0 Å². The lowest BCUT2D eigenvalue weighted by Crippen LogP contribution is -2.41. The number of nitrogens with zero attached hydrogens (tertiary/aromatic N) is 1. The highest BCUT2D eigenvalue weighted by molar-refractivity contribution is 7.85. The fourth-order valence-electron chi connectivity index (χ4n) is 2.20. The van der Waals surface area contributed by atoms with Gasteiger partial charge in [0.25, 0.3) is 0 Å². The van der Waals surface area contributed by atoms with Gasteiger partial charge in [0, 0.05) is 41.9 Å². The van der Waals surface area contributed by atoms with E-state index in [4.69, 9.17) is 5.11 Å². The predicted molar refractivity (Wildman–Crippen MR) is 58.2 cm³/mol. The van der Waals surface area contributed by atoms with Crippen molar-refractivity contribution in [3.63, 3.8) is 0 Å². The molecule has 4 nitrogen and oxygen atoms in total. The summed E-state index contributed by atoms with van der Waals surface area (Å²) >= 11 is 0. The maximum Gasteiger partial charge on any atom is 0.303 e. The van der Waals surface area contributed by atoms with Gasteiger partial charge in [0.2, 0.25) is 0 Å². The van der Waals surface area contributed by atoms with Crippen molar-refractivity contribution in [3.8, 4) is 0 Å². The molecule has 0 unspecified atom stereocenters. The molecule has 0 aromatic rings. The average molecular weight is 231 g/mol. The zero-order valence-electron chi connectivity index (χ0n) is 8.78. The lowest BCUT2D eigenvalue weighted by atomic mass is 10.0. The van der Waals surface area contributed by atoms with Crippen molar-refractivity contribution in [3.05, 3.63) is 0 Å². The lowest BCUT2D eigenvalue weighted by Gasteiger charge is -2.29. The van der Waals surface area contributed by atoms with E-state index in [0.717, 1.165) is 44.0 Å². The molecule has 1 N–H and O–H groups in total. The fourth-order valence-corrected chi connectivity index (χ4v) is 3.32. The van der Waals surface area contributed by atoms with E-state index >= 15 is 0 Å². The normalized spacial score (nSPS) is 26.4. The first-order valence-electron chi connectivity index (χ1n) is 5.39. The van der Waals surface area contributed by atoms with E-state index < -0.39 is 16.8 Å². The minimum Gasteiger partial charge on any atom is -0.481 e. The van der Waals surface area contributed by atoms with Crippen LogP contribution >= 0.6 is 0 Å². The molecule has 15 heavy (non-hydrogen) atoms. The van der Waals surface area contributed by atoms with Crippen molar-refractivity contribution in [1.82, 2.24) is 4.90 Å². The second-order valence-electron chi connectivity index (χ2n) is 4.69. The third kappa shape index (κ3) is 3.01. The number of aliphatic carboxylic acids is 1. The summed E-state index contributed by atoms with van der Waals surface area (Å²) in [6.07, 6.45) is 2.38. The van der Waals surface area contributed by atoms with Crippen molar-refractivity contribution < 1.29 is 14.1 Å². The maximum absolute atomic E-state index is 11.2. The number of carbonyl (C=O) groups is 1. The van der Waals surface area contributed by atoms with E-state index in [1.165, 1.54) is 0 Å². The lowest BCUT2D eigenvalue weighted by molar-refractivity contribution is -0.138. The van der Waals surface area contributed by atoms with Crippen molar-refractivity contribution >= 4 is 16.8 Å². The Morgan fingerprint density at radius 3 is 2.40 bits per heavy atom. The molecule has 0 spiro atoms. The van der Waals surface area contributed by atoms with Gasteiger partial charge in [-0.25, -0.2) is 0 Å². The Kier molecular flexibility index (Phi) is 3.11. The summed E-state index contributed by atoms with van der Waals surface area (Å²) < 4.78 is 11.2. The van der Waals surface area contributed by atoms with Crippen molar-refractivity contribution in [2.45, 2.75) is 19.3 Å². The topological polar surface area (TPSA) is 57.6 Å². The molecule has 2 aliphatic rings. The Labute approximate surface area is 92.1 Å². The monoisotopic (exact) mass is 231 g/mol. The van der Waals surface area contributed by atoms with Crippen LogP contribution in [-0.2, 0) is 15.6 Å². The Balaban J connectivity index is 1.81. The first-order chi connectivity index (χ1) is 7.10. The minimum atomic E-state index is -0.687. The molecule has 1 saturated carbocycles. The smallest absolute Gasteiger partial charge is 0.303 e. The first-order valence-corrected chi connectivity index (χ1v) is 6.88. The zero-order valence-corrected chi connectivity index (χ0v) is 9.59. The van der Waals surface area contributed by atoms with Crippen LogP contribution < -0.4 is 0 Å². The summed E-state index contributed by atoms with van der Waals surface area (Å²) in [5.41, 5.74) is 0.0463. The number of hydrogen-bond acceptors (Lipinski definition) is 3. The number of carboxylic acids is 1. The van der Waals surface area contributed by atoms with Gasteiger partial charge in [0.05, 0.1) is 6.42 Å². The van der Waals surface area contributed by atoms with Crippen LogP contribution in [-0.4, -0.2) is 51.3 Å². The summed E-state index contributed by atoms with van der Waals surface area (Å²) in [5, 5.41) is 8.79. The largest absolute Gasteiger partial charge is 0.481 e. The second-order valence-corrected chi connectivity index (χ2v) is 6.39. The standard InChI is InChI=1S/C10H17NO3S/c12-9(13)7-10(1-2-10)8-11-3-5-15(14)6-4-11/h1-8H2,(H,12,13). The van der Waals surface area contributed by atoms with Gasteiger partial charge in [0.15, 0.2) is 0 Å². The van der Waals surface area contributed by atoms with Crippen LogP contribution in [0.3, 0.4) is 0 Å². The van der Waals surface area contributed by atoms with Crippen LogP contribution in [0, 0.1) is 5.41 Å². The van der Waals surface area contributed by atoms with Crippen LogP contribution in [0.4, 0.5) is 0 Å². The SMILES string of the molecule is O=C(O)CC1(CN2CCS(=O)CC2)CC1. The summed E-state index contributed by atoms with van der Waals surface area (Å²) in [6.45, 7) is 2.62. The molecule has 0 atom stereocenters. The molecule has 1 aliphatic heterocycles. The number of rotatable bonds is 4. The molecule has 1 aliphatic carbocycles. The third-order valence-corrected chi connectivity index (χ3v) is 4.59. The number of carboxylic acid groups (broad SMARTS) is 1. The first kappa shape index (κ1) is 11.1. The maximum atomic E-state index is 11.2. The Hall–Kier alpha value is -0.420. The van der Waals surface area contributed by atoms with Crippen LogP contribution in [0.15, 0.2) is 0 Å². The summed E-state index contributed by atoms with van der Waals surface area (Å²) in [6, 6.07) is 0. The van der Waals surface area contributed by atoms with Gasteiger partial charge >= 0.3 is 5.97 Å². The van der Waals surface area contributed by atoms with Crippen molar-refractivity contribution in [2.75, 3.05) is 31.1 Å². The van der Waals surface area contributed by atoms with E-state index in [-0.39, 0.29) is 5.41 Å². The summed E-state index contributed by atoms with van der Waals surface area (Å²) in [7, 11) is -0.638. The van der Waals surface area contributed by atoms with Gasteiger partial charge in [-0.2, -0.15) is 0 Å². The Morgan fingerprint density at radius 2 is 1.93 bits per heavy atom. The second kappa shape index (κ2) is 4.22. The van der Waals surface area contributed by atoms with Crippen LogP contribution in [0.5, 0.6) is 0 Å². The van der Waals surface area contributed by atoms with Gasteiger partial charge in [-0.3, -0.25) is 9.00 Å². The molecule has 5 heteroatoms. The molecule has 2 fully saturated rings. The molecule has 0 amide bonds. The fraction of sp³-hybridized carbons (Fsp3) is 0.900. The van der Waals surface area contributed by atoms with E-state index in [2.05, 4.69) is 4.90 Å². The molecule has 0 aromatic heterocycles. The Bertz CT molecular complexity index is 278. The number of hydrogen-bond donors (Lipinski definition) is 1. The molecule has 0 bridgehead atoms. The van der Waals surface area contributed by atoms with Crippen molar-refractivity contribution in [1.29, 1.82) is 0 Å². The quantitative estimate of drug-likeness (QED) is 0.756. The molecule has 1 saturated heterocycles. The average Bonchev–Trinajstić information content (AvgIpc) is 2.88. The highest BCUT2D eigenvalue weighted by Crippen LogP contribution is 2.49. The summed E-state index contributed by atoms with van der Waals surface area (Å²) in [4.78, 5) is 13.0. The molecule has 1 heterocycles. The van der Waals surface area contributed by atoms with Crippen LogP contribution in [0.25, 0.3) is 0 Å². The highest BCUT2D eigenvalue weighted by atomic mass is 32.2. The predicted octanol–water partition coefficient (Wildman–Crippen LogP) is 0.306. The molecule has 0 radical (unpaired) electrons. The summed E-state index contributed by atoms with van der Waals surface area (Å²) in [5.74, 6) is 0.819. The van der Waals surface area contributed by atoms with E-state index in [0.29, 0.717) is 6.42 Å². The van der Waals surface area contributed by atoms with Crippen molar-refractivity contribution in [2.24, 2.45) is 5.41 Å². The van der Waals surface area contributed by atoms with Gasteiger partial charge in [-0.1, -0.05) is 0 Å². The van der Waals surface area contributed by atoms with Crippen LogP contribution in [0.1, 0.15) is 19.3 Å².